The molecular weight excluding hydrogens is 146 g/mol. The molecule has 0 atom stereocenters. The molecule has 1 aliphatic heterocycles. The third-order valence-electron chi connectivity index (χ3n) is 2.84. The van der Waals surface area contributed by atoms with Crippen LogP contribution < -0.4 is 0 Å². The van der Waals surface area contributed by atoms with E-state index in [1.807, 2.05) is 0 Å². The maximum absolute atomic E-state index is 2.39. The van der Waals surface area contributed by atoms with Gasteiger partial charge in [0.25, 0.3) is 0 Å². The van der Waals surface area contributed by atoms with E-state index in [-0.39, 0.29) is 0 Å². The molecule has 0 N–H and O–H groups in total. The molecule has 1 rings (SSSR count). The molecule has 12 heavy (non-hydrogen) atoms. The average molecular weight is 168 g/mol. The summed E-state index contributed by atoms with van der Waals surface area (Å²) in [7, 11) is 2.39. The molecule has 0 unspecified atom stereocenters. The van der Waals surface area contributed by atoms with Crippen LogP contribution >= 0.6 is 0 Å². The van der Waals surface area contributed by atoms with Crippen LogP contribution in [-0.4, -0.2) is 31.2 Å². The van der Waals surface area contributed by atoms with Crippen molar-refractivity contribution in [2.45, 2.75) is 33.1 Å². The number of rotatable bonds is 2. The Labute approximate surface area is 76.7 Å². The van der Waals surface area contributed by atoms with Crippen molar-refractivity contribution in [2.75, 3.05) is 26.7 Å². The second kappa shape index (κ2) is 4.08. The molecule has 0 radical (unpaired) electrons. The van der Waals surface area contributed by atoms with E-state index in [4.69, 9.17) is 0 Å². The van der Waals surface area contributed by atoms with E-state index in [0.29, 0.717) is 0 Å². The molecule has 0 aromatic carbocycles. The van der Waals surface area contributed by atoms with E-state index in [9.17, 15) is 0 Å². The number of likely N-dealkylation sites (N-methyl/N-ethyl adjacent to an activating group) is 1. The third-order valence-corrected chi connectivity index (χ3v) is 2.84. The molecule has 1 heteroatoms. The van der Waals surface area contributed by atoms with Crippen molar-refractivity contribution in [1.82, 2.24) is 0 Å². The maximum atomic E-state index is 2.39. The average Bonchev–Trinajstić information content (AvgIpc) is 2.03. The van der Waals surface area contributed by atoms with Crippen molar-refractivity contribution in [3.63, 3.8) is 0 Å². The standard InChI is InChI=1S/C11H22N/c1-11(2)7-10-12(3)8-5-4-6-9-12/h7H,4-6,8-10H2,1-3H3/q+1. The van der Waals surface area contributed by atoms with Crippen LogP contribution in [0.4, 0.5) is 0 Å². The van der Waals surface area contributed by atoms with Gasteiger partial charge in [-0.1, -0.05) is 5.57 Å². The van der Waals surface area contributed by atoms with Crippen molar-refractivity contribution in [2.24, 2.45) is 0 Å². The van der Waals surface area contributed by atoms with Gasteiger partial charge in [-0.05, 0) is 39.2 Å². The maximum Gasteiger partial charge on any atom is 0.0974 e. The molecule has 1 aliphatic rings. The predicted molar refractivity (Wildman–Crippen MR) is 54.1 cm³/mol. The molecule has 0 aromatic rings. The Kier molecular flexibility index (Phi) is 3.33. The van der Waals surface area contributed by atoms with Crippen LogP contribution in [0.3, 0.4) is 0 Å². The zero-order chi connectivity index (χ0) is 9.03. The van der Waals surface area contributed by atoms with Gasteiger partial charge in [0, 0.05) is 0 Å². The predicted octanol–water partition coefficient (Wildman–Crippen LogP) is 2.58. The summed E-state index contributed by atoms with van der Waals surface area (Å²) in [5.74, 6) is 0. The Morgan fingerprint density at radius 1 is 1.17 bits per heavy atom. The Balaban J connectivity index is 2.41. The van der Waals surface area contributed by atoms with Crippen molar-refractivity contribution >= 4 is 0 Å². The fourth-order valence-corrected chi connectivity index (χ4v) is 1.86. The normalized spacial score (nSPS) is 21.9. The molecule has 1 saturated heterocycles. The van der Waals surface area contributed by atoms with Crippen LogP contribution in [-0.2, 0) is 0 Å². The Bertz CT molecular complexity index is 160. The van der Waals surface area contributed by atoms with Gasteiger partial charge in [0.2, 0.25) is 0 Å². The fourth-order valence-electron chi connectivity index (χ4n) is 1.86. The van der Waals surface area contributed by atoms with Crippen LogP contribution in [0.1, 0.15) is 33.1 Å². The number of allylic oxidation sites excluding steroid dienone is 1. The lowest BCUT2D eigenvalue weighted by Gasteiger charge is -2.37. The highest BCUT2D eigenvalue weighted by molar-refractivity contribution is 4.92. The van der Waals surface area contributed by atoms with E-state index >= 15 is 0 Å². The van der Waals surface area contributed by atoms with Crippen molar-refractivity contribution in [1.29, 1.82) is 0 Å². The van der Waals surface area contributed by atoms with E-state index < -0.39 is 0 Å². The van der Waals surface area contributed by atoms with Crippen LogP contribution in [0.15, 0.2) is 11.6 Å². The molecule has 1 fully saturated rings. The highest BCUT2D eigenvalue weighted by atomic mass is 15.3. The summed E-state index contributed by atoms with van der Waals surface area (Å²) in [5.41, 5.74) is 1.46. The summed E-state index contributed by atoms with van der Waals surface area (Å²) in [4.78, 5) is 0. The van der Waals surface area contributed by atoms with Gasteiger partial charge in [0.1, 0.15) is 0 Å². The minimum absolute atomic E-state index is 1.24. The summed E-state index contributed by atoms with van der Waals surface area (Å²) in [6, 6.07) is 0. The lowest BCUT2D eigenvalue weighted by Crippen LogP contribution is -2.47. The topological polar surface area (TPSA) is 0 Å². The van der Waals surface area contributed by atoms with Gasteiger partial charge in [-0.3, -0.25) is 0 Å². The second-order valence-electron chi connectivity index (χ2n) is 4.59. The van der Waals surface area contributed by atoms with Gasteiger partial charge in [-0.15, -0.1) is 0 Å². The fraction of sp³-hybridized carbons (Fsp3) is 0.818. The van der Waals surface area contributed by atoms with Crippen molar-refractivity contribution < 1.29 is 4.48 Å². The number of nitrogens with zero attached hydrogens (tertiary/aromatic N) is 1. The van der Waals surface area contributed by atoms with Crippen LogP contribution in [0.5, 0.6) is 0 Å². The van der Waals surface area contributed by atoms with Crippen molar-refractivity contribution in [3.8, 4) is 0 Å². The van der Waals surface area contributed by atoms with E-state index in [2.05, 4.69) is 27.0 Å². The van der Waals surface area contributed by atoms with Crippen LogP contribution in [0.2, 0.25) is 0 Å². The molecule has 0 spiro atoms. The SMILES string of the molecule is CC(C)=CC[N+]1(C)CCCCC1. The number of piperidine rings is 1. The van der Waals surface area contributed by atoms with Crippen molar-refractivity contribution in [3.05, 3.63) is 11.6 Å². The monoisotopic (exact) mass is 168 g/mol. The van der Waals surface area contributed by atoms with Gasteiger partial charge >= 0.3 is 0 Å². The highest BCUT2D eigenvalue weighted by Crippen LogP contribution is 2.16. The van der Waals surface area contributed by atoms with Gasteiger partial charge in [-0.2, -0.15) is 0 Å². The number of quaternary nitrogens is 1. The van der Waals surface area contributed by atoms with Crippen LogP contribution in [0, 0.1) is 0 Å². The molecule has 0 aromatic heterocycles. The van der Waals surface area contributed by atoms with Gasteiger partial charge < -0.3 is 4.48 Å². The quantitative estimate of drug-likeness (QED) is 0.439. The molecule has 0 amide bonds. The van der Waals surface area contributed by atoms with E-state index in [1.54, 1.807) is 0 Å². The first-order valence-corrected chi connectivity index (χ1v) is 5.09. The minimum Gasteiger partial charge on any atom is -0.323 e. The Morgan fingerprint density at radius 3 is 2.25 bits per heavy atom. The summed E-state index contributed by atoms with van der Waals surface area (Å²) >= 11 is 0. The molecular formula is C11H22N+. The van der Waals surface area contributed by atoms with E-state index in [0.717, 1.165) is 0 Å². The minimum atomic E-state index is 1.24. The summed E-state index contributed by atoms with van der Waals surface area (Å²) in [6.07, 6.45) is 6.67. The van der Waals surface area contributed by atoms with E-state index in [1.165, 1.54) is 49.0 Å². The Hall–Kier alpha value is -0.300. The molecule has 1 nitrogen and oxygen atoms in total. The number of hydrogen-bond donors (Lipinski definition) is 0. The van der Waals surface area contributed by atoms with Crippen LogP contribution in [0.25, 0.3) is 0 Å². The Morgan fingerprint density at radius 2 is 1.75 bits per heavy atom. The summed E-state index contributed by atoms with van der Waals surface area (Å²) < 4.78 is 1.27. The molecule has 0 aliphatic carbocycles. The third kappa shape index (κ3) is 2.98. The molecule has 70 valence electrons. The number of likely N-dealkylation sites (tertiary alicyclic amines) is 1. The zero-order valence-corrected chi connectivity index (χ0v) is 8.77. The second-order valence-corrected chi connectivity index (χ2v) is 4.59. The molecule has 0 bridgehead atoms. The first-order valence-electron chi connectivity index (χ1n) is 5.09. The molecule has 1 heterocycles. The summed E-state index contributed by atoms with van der Waals surface area (Å²) in [6.45, 7) is 8.38. The zero-order valence-electron chi connectivity index (χ0n) is 8.77. The lowest BCUT2D eigenvalue weighted by atomic mass is 10.1. The number of hydrogen-bond acceptors (Lipinski definition) is 0. The first-order chi connectivity index (χ1) is 5.62. The van der Waals surface area contributed by atoms with Gasteiger partial charge in [0.05, 0.1) is 26.7 Å². The van der Waals surface area contributed by atoms with Gasteiger partial charge in [-0.25, -0.2) is 0 Å². The lowest BCUT2D eigenvalue weighted by molar-refractivity contribution is -0.908. The largest absolute Gasteiger partial charge is 0.323 e. The highest BCUT2D eigenvalue weighted by Gasteiger charge is 2.22. The van der Waals surface area contributed by atoms with Gasteiger partial charge in [0.15, 0.2) is 0 Å². The smallest absolute Gasteiger partial charge is 0.0974 e. The molecule has 0 saturated carbocycles. The summed E-state index contributed by atoms with van der Waals surface area (Å²) in [5, 5.41) is 0. The first kappa shape index (κ1) is 9.79.